The number of fused-ring (bicyclic) bond motifs is 5. The zero-order valence-corrected chi connectivity index (χ0v) is 26.5. The maximum Gasteiger partial charge on any atom is 0.104 e. The Kier molecular flexibility index (Phi) is 7.03. The Hall–Kier alpha value is -5.29. The lowest BCUT2D eigenvalue weighted by molar-refractivity contribution is 0.443. The Balaban J connectivity index is 1.05. The third kappa shape index (κ3) is 5.26. The van der Waals surface area contributed by atoms with E-state index in [4.69, 9.17) is 0 Å². The molecular weight excluding hydrogens is 591 g/mol. The summed E-state index contributed by atoms with van der Waals surface area (Å²) < 4.78 is 0. The van der Waals surface area contributed by atoms with Gasteiger partial charge in [0.2, 0.25) is 0 Å². The fourth-order valence-electron chi connectivity index (χ4n) is 6.95. The molecule has 2 heterocycles. The first-order chi connectivity index (χ1) is 23.3. The summed E-state index contributed by atoms with van der Waals surface area (Å²) in [6, 6.07) is 57.0. The Bertz CT molecular complexity index is 2250. The number of thioether (sulfide) groups is 1. The summed E-state index contributed by atoms with van der Waals surface area (Å²) in [5.74, 6) is 0. The average molecular weight is 624 g/mol. The minimum absolute atomic E-state index is 0.0290. The van der Waals surface area contributed by atoms with E-state index in [0.717, 1.165) is 5.70 Å². The Morgan fingerprint density at radius 2 is 1.13 bits per heavy atom. The van der Waals surface area contributed by atoms with Gasteiger partial charge < -0.3 is 10.6 Å². The monoisotopic (exact) mass is 623 g/mol. The molecule has 0 radical (unpaired) electrons. The second-order valence-electron chi connectivity index (χ2n) is 12.3. The number of rotatable bonds is 5. The van der Waals surface area contributed by atoms with E-state index in [1.165, 1.54) is 65.5 Å². The van der Waals surface area contributed by atoms with Gasteiger partial charge in [0.25, 0.3) is 0 Å². The third-order valence-corrected chi connectivity index (χ3v) is 10.6. The van der Waals surface area contributed by atoms with E-state index in [-0.39, 0.29) is 17.6 Å². The molecule has 0 aromatic heterocycles. The van der Waals surface area contributed by atoms with Crippen molar-refractivity contribution in [2.75, 3.05) is 5.32 Å². The highest BCUT2D eigenvalue weighted by Gasteiger charge is 2.26. The summed E-state index contributed by atoms with van der Waals surface area (Å²) in [6.07, 6.45) is 2.26. The van der Waals surface area contributed by atoms with E-state index >= 15 is 0 Å². The highest BCUT2D eigenvalue weighted by molar-refractivity contribution is 8.00. The number of benzene rings is 7. The van der Waals surface area contributed by atoms with Gasteiger partial charge in [-0.3, -0.25) is 5.32 Å². The van der Waals surface area contributed by atoms with Gasteiger partial charge in [0.15, 0.2) is 0 Å². The molecule has 0 aliphatic carbocycles. The van der Waals surface area contributed by atoms with Crippen LogP contribution in [-0.2, 0) is 0 Å². The van der Waals surface area contributed by atoms with Gasteiger partial charge in [-0.1, -0.05) is 157 Å². The molecule has 47 heavy (non-hydrogen) atoms. The molecule has 4 heteroatoms. The van der Waals surface area contributed by atoms with Crippen LogP contribution in [0.15, 0.2) is 169 Å². The van der Waals surface area contributed by atoms with E-state index < -0.39 is 0 Å². The maximum atomic E-state index is 3.86. The zero-order valence-electron chi connectivity index (χ0n) is 25.7. The van der Waals surface area contributed by atoms with Crippen LogP contribution in [0.2, 0.25) is 0 Å². The molecule has 0 saturated heterocycles. The maximum absolute atomic E-state index is 3.86. The van der Waals surface area contributed by atoms with Crippen molar-refractivity contribution in [3.8, 4) is 11.1 Å². The first kappa shape index (κ1) is 28.0. The van der Waals surface area contributed by atoms with Gasteiger partial charge in [0.1, 0.15) is 11.5 Å². The topological polar surface area (TPSA) is 36.1 Å². The highest BCUT2D eigenvalue weighted by atomic mass is 32.2. The van der Waals surface area contributed by atoms with Gasteiger partial charge in [-0.2, -0.15) is 0 Å². The molecule has 226 valence electrons. The predicted molar refractivity (Wildman–Crippen MR) is 198 cm³/mol. The second kappa shape index (κ2) is 11.8. The standard InChI is InChI=1S/C43H33N3S/c1-4-10-30(11-5-1)37-27-38(31-12-6-2-7-13-31)45-42(44-37)33-21-16-28(17-22-33)35-23-19-29-18-20-32-24-25-39-41(40(32)36(29)26-35)46-43(47-39)34-14-8-3-9-15-34/h1-27,37,42-46H. The second-order valence-corrected chi connectivity index (χ2v) is 13.4. The molecule has 3 nitrogen and oxygen atoms in total. The summed E-state index contributed by atoms with van der Waals surface area (Å²) in [5, 5.41) is 16.8. The van der Waals surface area contributed by atoms with E-state index in [0.29, 0.717) is 0 Å². The van der Waals surface area contributed by atoms with Gasteiger partial charge in [0, 0.05) is 16.0 Å². The normalized spacial score (nSPS) is 18.7. The summed E-state index contributed by atoms with van der Waals surface area (Å²) >= 11 is 1.90. The smallest absolute Gasteiger partial charge is 0.104 e. The predicted octanol–water partition coefficient (Wildman–Crippen LogP) is 10.9. The minimum atomic E-state index is -0.0290. The van der Waals surface area contributed by atoms with E-state index in [1.807, 2.05) is 11.8 Å². The van der Waals surface area contributed by atoms with E-state index in [2.05, 4.69) is 180 Å². The van der Waals surface area contributed by atoms with Crippen LogP contribution >= 0.6 is 11.8 Å². The van der Waals surface area contributed by atoms with Crippen LogP contribution in [-0.4, -0.2) is 0 Å². The lowest BCUT2D eigenvalue weighted by atomic mass is 9.95. The van der Waals surface area contributed by atoms with Gasteiger partial charge in [-0.05, 0) is 67.7 Å². The molecular formula is C43H33N3S. The first-order valence-corrected chi connectivity index (χ1v) is 17.1. The number of anilines is 1. The van der Waals surface area contributed by atoms with Crippen LogP contribution in [0.3, 0.4) is 0 Å². The first-order valence-electron chi connectivity index (χ1n) is 16.2. The van der Waals surface area contributed by atoms with Crippen LogP contribution in [0.4, 0.5) is 5.69 Å². The molecule has 9 rings (SSSR count). The van der Waals surface area contributed by atoms with E-state index in [9.17, 15) is 0 Å². The summed E-state index contributed by atoms with van der Waals surface area (Å²) in [5.41, 5.74) is 9.75. The lowest BCUT2D eigenvalue weighted by Gasteiger charge is -2.33. The largest absolute Gasteiger partial charge is 0.368 e. The van der Waals surface area contributed by atoms with E-state index in [1.54, 1.807) is 0 Å². The summed E-state index contributed by atoms with van der Waals surface area (Å²) in [6.45, 7) is 0. The van der Waals surface area contributed by atoms with Crippen molar-refractivity contribution in [3.63, 3.8) is 0 Å². The Labute approximate surface area is 279 Å². The lowest BCUT2D eigenvalue weighted by Crippen LogP contribution is -2.39. The van der Waals surface area contributed by atoms with Gasteiger partial charge in [0.05, 0.1) is 11.7 Å². The molecule has 3 N–H and O–H groups in total. The van der Waals surface area contributed by atoms with Crippen molar-refractivity contribution in [3.05, 3.63) is 186 Å². The Morgan fingerprint density at radius 3 is 1.89 bits per heavy atom. The molecule has 3 unspecified atom stereocenters. The molecule has 2 aliphatic heterocycles. The molecule has 0 amide bonds. The third-order valence-electron chi connectivity index (χ3n) is 9.39. The van der Waals surface area contributed by atoms with Gasteiger partial charge >= 0.3 is 0 Å². The molecule has 7 aromatic carbocycles. The van der Waals surface area contributed by atoms with Crippen molar-refractivity contribution in [1.29, 1.82) is 0 Å². The number of nitrogens with one attached hydrogen (secondary N) is 3. The fraction of sp³-hybridized carbons (Fsp3) is 0.0698. The van der Waals surface area contributed by atoms with Crippen LogP contribution < -0.4 is 16.0 Å². The van der Waals surface area contributed by atoms with Crippen molar-refractivity contribution < 1.29 is 0 Å². The molecule has 0 fully saturated rings. The van der Waals surface area contributed by atoms with Crippen molar-refractivity contribution in [1.82, 2.24) is 10.6 Å². The number of hydrogen-bond donors (Lipinski definition) is 3. The number of hydrogen-bond acceptors (Lipinski definition) is 4. The molecule has 0 bridgehead atoms. The Morgan fingerprint density at radius 1 is 0.489 bits per heavy atom. The fourth-order valence-corrected chi connectivity index (χ4v) is 8.10. The quantitative estimate of drug-likeness (QED) is 0.167. The van der Waals surface area contributed by atoms with Crippen LogP contribution in [0, 0.1) is 0 Å². The van der Waals surface area contributed by atoms with Gasteiger partial charge in [-0.15, -0.1) is 0 Å². The summed E-state index contributed by atoms with van der Waals surface area (Å²) in [4.78, 5) is 1.30. The van der Waals surface area contributed by atoms with Crippen LogP contribution in [0.25, 0.3) is 38.4 Å². The molecule has 2 aliphatic rings. The molecule has 0 spiro atoms. The minimum Gasteiger partial charge on any atom is -0.368 e. The molecule has 3 atom stereocenters. The van der Waals surface area contributed by atoms with Crippen molar-refractivity contribution in [2.24, 2.45) is 0 Å². The zero-order chi connectivity index (χ0) is 31.2. The SMILES string of the molecule is C1=C(c2ccccc2)NC(c2ccc(-c3ccc4ccc5ccc6c(c5c4c3)NC(c3ccccc3)S6)cc2)NC1c1ccccc1. The van der Waals surface area contributed by atoms with Crippen molar-refractivity contribution >= 4 is 44.7 Å². The van der Waals surface area contributed by atoms with Crippen molar-refractivity contribution in [2.45, 2.75) is 22.5 Å². The van der Waals surface area contributed by atoms with Gasteiger partial charge in [-0.25, -0.2) is 0 Å². The highest BCUT2D eigenvalue weighted by Crippen LogP contribution is 2.50. The van der Waals surface area contributed by atoms with Crippen LogP contribution in [0.1, 0.15) is 39.8 Å². The molecule has 7 aromatic rings. The average Bonchev–Trinajstić information content (AvgIpc) is 3.60. The summed E-state index contributed by atoms with van der Waals surface area (Å²) in [7, 11) is 0. The molecule has 0 saturated carbocycles. The van der Waals surface area contributed by atoms with Crippen LogP contribution in [0.5, 0.6) is 0 Å².